The predicted octanol–water partition coefficient (Wildman–Crippen LogP) is 1.87. The monoisotopic (exact) mass is 205 g/mol. The number of anilines is 1. The lowest BCUT2D eigenvalue weighted by Gasteiger charge is -2.11. The zero-order chi connectivity index (χ0) is 11.0. The zero-order valence-corrected chi connectivity index (χ0v) is 9.03. The van der Waals surface area contributed by atoms with Gasteiger partial charge in [0.25, 0.3) is 0 Å². The summed E-state index contributed by atoms with van der Waals surface area (Å²) in [5, 5.41) is 9.11. The van der Waals surface area contributed by atoms with Crippen molar-refractivity contribution < 1.29 is 9.90 Å². The number of hydrogen-bond donors (Lipinski definition) is 1. The van der Waals surface area contributed by atoms with Crippen molar-refractivity contribution in [1.29, 1.82) is 0 Å². The van der Waals surface area contributed by atoms with E-state index in [2.05, 4.69) is 13.0 Å². The average molecular weight is 205 g/mol. The highest BCUT2D eigenvalue weighted by Gasteiger charge is 2.31. The summed E-state index contributed by atoms with van der Waals surface area (Å²) < 4.78 is 0. The van der Waals surface area contributed by atoms with Gasteiger partial charge in [-0.15, -0.1) is 0 Å². The molecule has 0 aromatic heterocycles. The molecule has 1 heterocycles. The van der Waals surface area contributed by atoms with E-state index in [1.54, 1.807) is 0 Å². The van der Waals surface area contributed by atoms with E-state index < -0.39 is 5.97 Å². The lowest BCUT2D eigenvalue weighted by molar-refractivity contribution is -0.138. The van der Waals surface area contributed by atoms with Gasteiger partial charge in [-0.05, 0) is 23.6 Å². The molecule has 3 nitrogen and oxygen atoms in total. The quantitative estimate of drug-likeness (QED) is 0.801. The van der Waals surface area contributed by atoms with Gasteiger partial charge < -0.3 is 10.0 Å². The van der Waals surface area contributed by atoms with Crippen LogP contribution in [0.2, 0.25) is 0 Å². The second-order valence-corrected chi connectivity index (χ2v) is 4.02. The van der Waals surface area contributed by atoms with E-state index >= 15 is 0 Å². The first-order valence-corrected chi connectivity index (χ1v) is 5.20. The van der Waals surface area contributed by atoms with Gasteiger partial charge in [0.05, 0.1) is 0 Å². The number of carbonyl (C=O) groups is 1. The third-order valence-corrected chi connectivity index (χ3v) is 3.04. The van der Waals surface area contributed by atoms with Crippen LogP contribution in [0.15, 0.2) is 18.2 Å². The van der Waals surface area contributed by atoms with Crippen molar-refractivity contribution in [3.63, 3.8) is 0 Å². The first-order valence-electron chi connectivity index (χ1n) is 5.20. The Balaban J connectivity index is 2.47. The molecule has 3 heteroatoms. The number of benzene rings is 1. The molecule has 1 unspecified atom stereocenters. The van der Waals surface area contributed by atoms with Crippen molar-refractivity contribution in [1.82, 2.24) is 0 Å². The lowest BCUT2D eigenvalue weighted by atomic mass is 9.98. The second kappa shape index (κ2) is 3.57. The summed E-state index contributed by atoms with van der Waals surface area (Å²) in [5.74, 6) is -1.09. The highest BCUT2D eigenvalue weighted by molar-refractivity contribution is 5.83. The minimum atomic E-state index is -0.728. The molecule has 1 N–H and O–H groups in total. The molecule has 2 rings (SSSR count). The van der Waals surface area contributed by atoms with E-state index in [9.17, 15) is 4.79 Å². The molecule has 1 atom stereocenters. The normalized spacial score (nSPS) is 19.1. The van der Waals surface area contributed by atoms with Crippen LogP contribution in [-0.4, -0.2) is 24.7 Å². The summed E-state index contributed by atoms with van der Waals surface area (Å²) in [4.78, 5) is 13.1. The van der Waals surface area contributed by atoms with Gasteiger partial charge in [-0.3, -0.25) is 4.79 Å². The summed E-state index contributed by atoms with van der Waals surface area (Å²) in [6.45, 7) is 2.66. The number of hydrogen-bond acceptors (Lipinski definition) is 2. The SMILES string of the molecule is CCc1ccc2c(c1)C(C(=O)O)CN2C. The smallest absolute Gasteiger partial charge is 0.312 e. The number of likely N-dealkylation sites (N-methyl/N-ethyl adjacent to an activating group) is 1. The van der Waals surface area contributed by atoms with Crippen molar-refractivity contribution >= 4 is 11.7 Å². The van der Waals surface area contributed by atoms with Crippen LogP contribution in [0.5, 0.6) is 0 Å². The third kappa shape index (κ3) is 1.58. The molecular formula is C12H15NO2. The first-order chi connectivity index (χ1) is 7.13. The summed E-state index contributed by atoms with van der Waals surface area (Å²) in [7, 11) is 1.94. The van der Waals surface area contributed by atoms with Gasteiger partial charge in [0.2, 0.25) is 0 Å². The number of aliphatic carboxylic acids is 1. The Bertz CT molecular complexity index is 401. The molecular weight excluding hydrogens is 190 g/mol. The minimum absolute atomic E-state index is 0.364. The van der Waals surface area contributed by atoms with Crippen LogP contribution in [0.1, 0.15) is 24.0 Å². The number of carboxylic acids is 1. The van der Waals surface area contributed by atoms with Crippen molar-refractivity contribution in [2.75, 3.05) is 18.5 Å². The minimum Gasteiger partial charge on any atom is -0.481 e. The molecule has 80 valence electrons. The molecule has 1 aromatic rings. The highest BCUT2D eigenvalue weighted by atomic mass is 16.4. The molecule has 0 bridgehead atoms. The molecule has 1 aliphatic heterocycles. The number of fused-ring (bicyclic) bond motifs is 1. The Morgan fingerprint density at radius 1 is 1.60 bits per heavy atom. The van der Waals surface area contributed by atoms with Crippen LogP contribution in [0, 0.1) is 0 Å². The molecule has 1 aliphatic rings. The maximum absolute atomic E-state index is 11.1. The molecule has 0 fully saturated rings. The Morgan fingerprint density at radius 2 is 2.33 bits per heavy atom. The predicted molar refractivity (Wildman–Crippen MR) is 59.5 cm³/mol. The third-order valence-electron chi connectivity index (χ3n) is 3.04. The van der Waals surface area contributed by atoms with E-state index in [0.29, 0.717) is 6.54 Å². The van der Waals surface area contributed by atoms with E-state index in [1.165, 1.54) is 5.56 Å². The van der Waals surface area contributed by atoms with Gasteiger partial charge in [-0.25, -0.2) is 0 Å². The van der Waals surface area contributed by atoms with Gasteiger partial charge in [-0.1, -0.05) is 19.1 Å². The molecule has 15 heavy (non-hydrogen) atoms. The number of carboxylic acid groups (broad SMARTS) is 1. The summed E-state index contributed by atoms with van der Waals surface area (Å²) in [6.07, 6.45) is 0.948. The largest absolute Gasteiger partial charge is 0.481 e. The molecule has 0 aliphatic carbocycles. The van der Waals surface area contributed by atoms with Gasteiger partial charge in [0.1, 0.15) is 5.92 Å². The molecule has 0 radical (unpaired) electrons. The van der Waals surface area contributed by atoms with Crippen molar-refractivity contribution in [3.05, 3.63) is 29.3 Å². The van der Waals surface area contributed by atoms with E-state index in [4.69, 9.17) is 5.11 Å². The number of nitrogens with zero attached hydrogens (tertiary/aromatic N) is 1. The van der Waals surface area contributed by atoms with Crippen LogP contribution < -0.4 is 4.90 Å². The Morgan fingerprint density at radius 3 is 2.93 bits per heavy atom. The van der Waals surface area contributed by atoms with Crippen molar-refractivity contribution in [2.45, 2.75) is 19.3 Å². The van der Waals surface area contributed by atoms with Crippen LogP contribution >= 0.6 is 0 Å². The molecule has 0 amide bonds. The summed E-state index contributed by atoms with van der Waals surface area (Å²) in [5.41, 5.74) is 3.22. The highest BCUT2D eigenvalue weighted by Crippen LogP contribution is 2.35. The first kappa shape index (κ1) is 10.0. The topological polar surface area (TPSA) is 40.5 Å². The number of rotatable bonds is 2. The fraction of sp³-hybridized carbons (Fsp3) is 0.417. The van der Waals surface area contributed by atoms with Gasteiger partial charge >= 0.3 is 5.97 Å². The second-order valence-electron chi connectivity index (χ2n) is 4.02. The van der Waals surface area contributed by atoms with E-state index in [1.807, 2.05) is 24.1 Å². The Kier molecular flexibility index (Phi) is 2.39. The summed E-state index contributed by atoms with van der Waals surface area (Å²) in [6, 6.07) is 6.12. The van der Waals surface area contributed by atoms with Crippen LogP contribution in [0.25, 0.3) is 0 Å². The molecule has 0 spiro atoms. The van der Waals surface area contributed by atoms with Crippen molar-refractivity contribution in [2.24, 2.45) is 0 Å². The van der Waals surface area contributed by atoms with E-state index in [-0.39, 0.29) is 5.92 Å². The summed E-state index contributed by atoms with van der Waals surface area (Å²) >= 11 is 0. The molecule has 0 saturated carbocycles. The standard InChI is InChI=1S/C12H15NO2/c1-3-8-4-5-11-9(6-8)10(12(14)15)7-13(11)2/h4-6,10H,3,7H2,1-2H3,(H,14,15). The fourth-order valence-corrected chi connectivity index (χ4v) is 2.13. The van der Waals surface area contributed by atoms with Crippen molar-refractivity contribution in [3.8, 4) is 0 Å². The molecule has 1 aromatic carbocycles. The van der Waals surface area contributed by atoms with Crippen LogP contribution in [-0.2, 0) is 11.2 Å². The maximum Gasteiger partial charge on any atom is 0.312 e. The van der Waals surface area contributed by atoms with Crippen LogP contribution in [0.4, 0.5) is 5.69 Å². The van der Waals surface area contributed by atoms with Gasteiger partial charge in [0.15, 0.2) is 0 Å². The maximum atomic E-state index is 11.1. The Hall–Kier alpha value is -1.51. The number of aryl methyl sites for hydroxylation is 1. The Labute approximate surface area is 89.3 Å². The fourth-order valence-electron chi connectivity index (χ4n) is 2.13. The average Bonchev–Trinajstić information content (AvgIpc) is 2.56. The van der Waals surface area contributed by atoms with Crippen LogP contribution in [0.3, 0.4) is 0 Å². The van der Waals surface area contributed by atoms with Gasteiger partial charge in [-0.2, -0.15) is 0 Å². The lowest BCUT2D eigenvalue weighted by Crippen LogP contribution is -2.19. The van der Waals surface area contributed by atoms with E-state index in [0.717, 1.165) is 17.7 Å². The van der Waals surface area contributed by atoms with Gasteiger partial charge in [0, 0.05) is 19.3 Å². The zero-order valence-electron chi connectivity index (χ0n) is 9.03. The molecule has 0 saturated heterocycles.